The fourth-order valence-corrected chi connectivity index (χ4v) is 1.02. The first-order chi connectivity index (χ1) is 5.79. The van der Waals surface area contributed by atoms with Gasteiger partial charge in [0.1, 0.15) is 0 Å². The van der Waals surface area contributed by atoms with E-state index in [1.54, 1.807) is 0 Å². The highest BCUT2D eigenvalue weighted by Gasteiger charge is 2.03. The van der Waals surface area contributed by atoms with Crippen LogP contribution in [-0.4, -0.2) is 20.9 Å². The van der Waals surface area contributed by atoms with Crippen LogP contribution < -0.4 is 5.11 Å². The number of pyridine rings is 1. The van der Waals surface area contributed by atoms with E-state index in [4.69, 9.17) is 0 Å². The highest BCUT2D eigenvalue weighted by molar-refractivity contribution is 5.98. The van der Waals surface area contributed by atoms with Gasteiger partial charge in [-0.05, 0) is 6.07 Å². The van der Waals surface area contributed by atoms with Gasteiger partial charge in [-0.1, -0.05) is 0 Å². The van der Waals surface area contributed by atoms with Gasteiger partial charge >= 0.3 is 0 Å². The van der Waals surface area contributed by atoms with Crippen LogP contribution in [0.5, 0.6) is 0 Å². The predicted molar refractivity (Wildman–Crippen MR) is 38.2 cm³/mol. The summed E-state index contributed by atoms with van der Waals surface area (Å²) in [4.78, 5) is 20.9. The number of aromatic amines is 1. The Morgan fingerprint density at radius 1 is 1.50 bits per heavy atom. The van der Waals surface area contributed by atoms with Crippen LogP contribution in [0.4, 0.5) is 0 Å². The number of aromatic carboxylic acids is 1. The summed E-state index contributed by atoms with van der Waals surface area (Å²) < 4.78 is 0. The Hall–Kier alpha value is -1.91. The Bertz CT molecular complexity index is 435. The molecule has 0 bridgehead atoms. The van der Waals surface area contributed by atoms with Crippen LogP contribution in [0, 0.1) is 0 Å². The van der Waals surface area contributed by atoms with Crippen molar-refractivity contribution in [2.24, 2.45) is 0 Å². The van der Waals surface area contributed by atoms with Crippen molar-refractivity contribution in [3.8, 4) is 0 Å². The van der Waals surface area contributed by atoms with E-state index < -0.39 is 5.97 Å². The number of fused-ring (bicyclic) bond motifs is 1. The van der Waals surface area contributed by atoms with Crippen molar-refractivity contribution < 1.29 is 9.90 Å². The summed E-state index contributed by atoms with van der Waals surface area (Å²) in [5, 5.41) is 10.5. The first-order valence-corrected chi connectivity index (χ1v) is 3.28. The molecule has 2 aromatic rings. The zero-order valence-electron chi connectivity index (χ0n) is 5.94. The third kappa shape index (κ3) is 0.833. The topological polar surface area (TPSA) is 81.7 Å². The van der Waals surface area contributed by atoms with Gasteiger partial charge in [0.05, 0.1) is 17.8 Å². The number of H-pyrrole nitrogens is 1. The van der Waals surface area contributed by atoms with E-state index in [0.29, 0.717) is 11.2 Å². The molecule has 5 nitrogen and oxygen atoms in total. The second kappa shape index (κ2) is 2.30. The number of carbonyl (C=O) groups excluding carboxylic acids is 1. The van der Waals surface area contributed by atoms with Crippen molar-refractivity contribution >= 4 is 17.1 Å². The fourth-order valence-electron chi connectivity index (χ4n) is 1.02. The van der Waals surface area contributed by atoms with Crippen molar-refractivity contribution in [3.05, 3.63) is 24.2 Å². The summed E-state index contributed by atoms with van der Waals surface area (Å²) in [5.74, 6) is -1.23. The second-order valence-electron chi connectivity index (χ2n) is 2.25. The van der Waals surface area contributed by atoms with Crippen LogP contribution in [0.15, 0.2) is 18.6 Å². The van der Waals surface area contributed by atoms with E-state index >= 15 is 0 Å². The standard InChI is InChI=1S/C7H5N3O2/c11-7(12)4-1-2-8-6-5(4)9-3-10-6/h1-3H,(H,11,12)(H,8,9,10)/p-1. The van der Waals surface area contributed by atoms with E-state index in [2.05, 4.69) is 15.0 Å². The number of carboxylic acids is 1. The molecule has 5 heteroatoms. The zero-order valence-corrected chi connectivity index (χ0v) is 5.94. The molecule has 2 rings (SSSR count). The number of aromatic nitrogens is 3. The van der Waals surface area contributed by atoms with Crippen molar-refractivity contribution in [2.45, 2.75) is 0 Å². The normalized spacial score (nSPS) is 10.3. The minimum atomic E-state index is -1.23. The maximum Gasteiger partial charge on any atom is 0.178 e. The molecule has 0 atom stereocenters. The molecule has 0 amide bonds. The number of nitrogens with zero attached hydrogens (tertiary/aromatic N) is 2. The van der Waals surface area contributed by atoms with Crippen LogP contribution in [0.2, 0.25) is 0 Å². The fraction of sp³-hybridized carbons (Fsp3) is 0. The average Bonchev–Trinajstić information content (AvgIpc) is 2.49. The molecule has 0 unspecified atom stereocenters. The van der Waals surface area contributed by atoms with Crippen molar-refractivity contribution in [1.29, 1.82) is 0 Å². The molecule has 0 aliphatic rings. The predicted octanol–water partition coefficient (Wildman–Crippen LogP) is -0.679. The first kappa shape index (κ1) is 6.78. The molecule has 0 aromatic carbocycles. The smallest absolute Gasteiger partial charge is 0.178 e. The molecule has 0 aliphatic heterocycles. The average molecular weight is 162 g/mol. The van der Waals surface area contributed by atoms with Crippen LogP contribution >= 0.6 is 0 Å². The largest absolute Gasteiger partial charge is 0.545 e. The summed E-state index contributed by atoms with van der Waals surface area (Å²) >= 11 is 0. The Labute approximate surface area is 67.1 Å². The van der Waals surface area contributed by atoms with Crippen molar-refractivity contribution in [2.75, 3.05) is 0 Å². The molecule has 0 saturated heterocycles. The molecular weight excluding hydrogens is 158 g/mol. The van der Waals surface area contributed by atoms with Gasteiger partial charge in [-0.25, -0.2) is 9.97 Å². The molecule has 0 saturated carbocycles. The molecule has 0 aliphatic carbocycles. The molecule has 12 heavy (non-hydrogen) atoms. The number of hydrogen-bond acceptors (Lipinski definition) is 4. The van der Waals surface area contributed by atoms with Gasteiger partial charge < -0.3 is 14.9 Å². The molecule has 0 fully saturated rings. The van der Waals surface area contributed by atoms with Crippen molar-refractivity contribution in [1.82, 2.24) is 15.0 Å². The molecular formula is C7H4N3O2-. The second-order valence-corrected chi connectivity index (χ2v) is 2.25. The third-order valence-corrected chi connectivity index (χ3v) is 1.55. The van der Waals surface area contributed by atoms with Gasteiger partial charge in [0.25, 0.3) is 0 Å². The molecule has 0 spiro atoms. The van der Waals surface area contributed by atoms with Gasteiger partial charge in [-0.3, -0.25) is 0 Å². The monoisotopic (exact) mass is 162 g/mol. The Morgan fingerprint density at radius 2 is 2.33 bits per heavy atom. The lowest BCUT2D eigenvalue weighted by Gasteiger charge is -2.00. The Balaban J connectivity index is 2.82. The van der Waals surface area contributed by atoms with E-state index in [9.17, 15) is 9.90 Å². The van der Waals surface area contributed by atoms with E-state index in [-0.39, 0.29) is 5.56 Å². The number of imidazole rings is 1. The Morgan fingerprint density at radius 3 is 3.08 bits per heavy atom. The Kier molecular flexibility index (Phi) is 1.30. The summed E-state index contributed by atoms with van der Waals surface area (Å²) in [6, 6.07) is 1.37. The molecule has 1 N–H and O–H groups in total. The number of carboxylic acid groups (broad SMARTS) is 1. The van der Waals surface area contributed by atoms with Crippen LogP contribution in [-0.2, 0) is 0 Å². The minimum Gasteiger partial charge on any atom is -0.545 e. The van der Waals surface area contributed by atoms with Crippen LogP contribution in [0.3, 0.4) is 0 Å². The van der Waals surface area contributed by atoms with Gasteiger partial charge in [-0.2, -0.15) is 0 Å². The van der Waals surface area contributed by atoms with Gasteiger partial charge in [0.2, 0.25) is 0 Å². The maximum atomic E-state index is 10.5. The molecule has 0 radical (unpaired) electrons. The first-order valence-electron chi connectivity index (χ1n) is 3.28. The molecule has 2 heterocycles. The van der Waals surface area contributed by atoms with Gasteiger partial charge in [0, 0.05) is 11.8 Å². The van der Waals surface area contributed by atoms with Crippen LogP contribution in [0.1, 0.15) is 10.4 Å². The lowest BCUT2D eigenvalue weighted by atomic mass is 10.2. The zero-order chi connectivity index (χ0) is 8.55. The van der Waals surface area contributed by atoms with E-state index in [0.717, 1.165) is 0 Å². The highest BCUT2D eigenvalue weighted by atomic mass is 16.4. The number of nitrogens with one attached hydrogen (secondary N) is 1. The minimum absolute atomic E-state index is 0.0810. The summed E-state index contributed by atoms with van der Waals surface area (Å²) in [6.45, 7) is 0. The van der Waals surface area contributed by atoms with E-state index in [1.807, 2.05) is 0 Å². The summed E-state index contributed by atoms with van der Waals surface area (Å²) in [6.07, 6.45) is 2.78. The van der Waals surface area contributed by atoms with Gasteiger partial charge in [-0.15, -0.1) is 0 Å². The number of carbonyl (C=O) groups is 1. The van der Waals surface area contributed by atoms with E-state index in [1.165, 1.54) is 18.6 Å². The van der Waals surface area contributed by atoms with Crippen molar-refractivity contribution in [3.63, 3.8) is 0 Å². The quantitative estimate of drug-likeness (QED) is 0.602. The molecule has 60 valence electrons. The maximum absolute atomic E-state index is 10.5. The van der Waals surface area contributed by atoms with Crippen LogP contribution in [0.25, 0.3) is 11.2 Å². The lowest BCUT2D eigenvalue weighted by molar-refractivity contribution is -0.254. The third-order valence-electron chi connectivity index (χ3n) is 1.55. The number of rotatable bonds is 1. The highest BCUT2D eigenvalue weighted by Crippen LogP contribution is 2.10. The molecule has 2 aromatic heterocycles. The number of hydrogen-bond donors (Lipinski definition) is 1. The summed E-state index contributed by atoms with van der Waals surface area (Å²) in [5.41, 5.74) is 0.867. The lowest BCUT2D eigenvalue weighted by Crippen LogP contribution is -2.22. The SMILES string of the molecule is O=C([O-])c1ccnc2nc[nH]c12. The summed E-state index contributed by atoms with van der Waals surface area (Å²) in [7, 11) is 0. The van der Waals surface area contributed by atoms with Gasteiger partial charge in [0.15, 0.2) is 5.65 Å².